The van der Waals surface area contributed by atoms with Crippen LogP contribution in [0.15, 0.2) is 60.7 Å². The molecule has 0 bridgehead atoms. The van der Waals surface area contributed by atoms with Gasteiger partial charge in [0.1, 0.15) is 23.7 Å². The van der Waals surface area contributed by atoms with Crippen molar-refractivity contribution in [3.05, 3.63) is 71.8 Å². The molecule has 3 atom stereocenters. The molecule has 2 rings (SSSR count). The van der Waals surface area contributed by atoms with Crippen LogP contribution in [0.1, 0.15) is 72.9 Å². The molecule has 2 N–H and O–H groups in total. The summed E-state index contributed by atoms with van der Waals surface area (Å²) < 4.78 is 16.8. The summed E-state index contributed by atoms with van der Waals surface area (Å²) in [6, 6.07) is 16.4. The Morgan fingerprint density at radius 2 is 1.29 bits per heavy atom. The molecule has 0 saturated carbocycles. The molecule has 0 aliphatic heterocycles. The quantitative estimate of drug-likeness (QED) is 0.227. The number of rotatable bonds is 14. The Hall–Kier alpha value is -3.72. The zero-order chi connectivity index (χ0) is 31.5. The van der Waals surface area contributed by atoms with Gasteiger partial charge < -0.3 is 24.8 Å². The summed E-state index contributed by atoms with van der Waals surface area (Å²) in [5, 5.41) is 5.39. The molecule has 2 aromatic carbocycles. The molecular weight excluding hydrogens is 536 g/mol. The van der Waals surface area contributed by atoms with Crippen LogP contribution in [0.4, 0.5) is 4.79 Å². The van der Waals surface area contributed by atoms with Gasteiger partial charge in [0, 0.05) is 0 Å². The van der Waals surface area contributed by atoms with Crippen molar-refractivity contribution in [3.8, 4) is 0 Å². The number of Topliss-reactive ketones (excluding diaryl/α,β-unsaturated/α-hetero) is 1. The van der Waals surface area contributed by atoms with E-state index in [1.54, 1.807) is 27.7 Å². The predicted molar refractivity (Wildman–Crippen MR) is 160 cm³/mol. The maximum absolute atomic E-state index is 13.7. The van der Waals surface area contributed by atoms with Crippen LogP contribution in [-0.2, 0) is 41.8 Å². The molecule has 0 fully saturated rings. The topological polar surface area (TPSA) is 120 Å². The van der Waals surface area contributed by atoms with Crippen molar-refractivity contribution in [3.63, 3.8) is 0 Å². The van der Waals surface area contributed by atoms with Crippen LogP contribution in [0.25, 0.3) is 0 Å². The van der Waals surface area contributed by atoms with E-state index in [4.69, 9.17) is 14.2 Å². The smallest absolute Gasteiger partial charge is 0.408 e. The third-order valence-electron chi connectivity index (χ3n) is 6.46. The largest absolute Gasteiger partial charge is 0.460 e. The first-order valence-corrected chi connectivity index (χ1v) is 14.3. The highest BCUT2D eigenvalue weighted by molar-refractivity contribution is 6.06. The van der Waals surface area contributed by atoms with Gasteiger partial charge in [-0.1, -0.05) is 74.5 Å². The molecule has 2 amide bonds. The first kappa shape index (κ1) is 34.5. The number of ketones is 1. The maximum atomic E-state index is 13.7. The van der Waals surface area contributed by atoms with E-state index in [0.717, 1.165) is 11.1 Å². The first-order chi connectivity index (χ1) is 19.6. The Morgan fingerprint density at radius 1 is 0.762 bits per heavy atom. The highest BCUT2D eigenvalue weighted by atomic mass is 16.6. The zero-order valence-electron chi connectivity index (χ0n) is 26.1. The van der Waals surface area contributed by atoms with E-state index in [9.17, 15) is 19.2 Å². The van der Waals surface area contributed by atoms with Crippen LogP contribution in [0, 0.1) is 11.3 Å². The summed E-state index contributed by atoms with van der Waals surface area (Å²) in [5.74, 6) is -1.80. The number of ether oxygens (including phenoxy) is 3. The lowest BCUT2D eigenvalue weighted by Gasteiger charge is -2.31. The number of benzene rings is 2. The zero-order valence-corrected chi connectivity index (χ0v) is 26.1. The summed E-state index contributed by atoms with van der Waals surface area (Å²) in [6.45, 7) is 13.8. The van der Waals surface area contributed by atoms with Crippen molar-refractivity contribution in [2.45, 2.75) is 98.8 Å². The standard InChI is InChI=1S/C33H46N2O7/c1-22(2)19-26(28(36)33(7,8)30(38)41-21-25-17-13-10-14-18-25)34-29(37)27(35-31(39)42-32(4,5)6)23(3)40-20-24-15-11-9-12-16-24/h9-18,22-23,26-27H,19-21H2,1-8H3,(H,34,37)(H,35,39)/t23?,26-,27-/m0/s1. The fourth-order valence-corrected chi connectivity index (χ4v) is 4.13. The number of carbonyl (C=O) groups is 4. The Bertz CT molecular complexity index is 1170. The number of amides is 2. The Labute approximate surface area is 249 Å². The number of nitrogens with one attached hydrogen (secondary N) is 2. The lowest BCUT2D eigenvalue weighted by molar-refractivity contribution is -0.160. The maximum Gasteiger partial charge on any atom is 0.408 e. The molecular formula is C33H46N2O7. The highest BCUT2D eigenvalue weighted by Crippen LogP contribution is 2.24. The van der Waals surface area contributed by atoms with Gasteiger partial charge in [-0.25, -0.2) is 4.79 Å². The minimum atomic E-state index is -1.54. The Balaban J connectivity index is 2.22. The van der Waals surface area contributed by atoms with Crippen molar-refractivity contribution in [2.75, 3.05) is 0 Å². The predicted octanol–water partition coefficient (Wildman–Crippen LogP) is 5.35. The normalized spacial score (nSPS) is 13.9. The molecule has 9 nitrogen and oxygen atoms in total. The van der Waals surface area contributed by atoms with Crippen LogP contribution in [0.3, 0.4) is 0 Å². The number of esters is 1. The Morgan fingerprint density at radius 3 is 1.79 bits per heavy atom. The van der Waals surface area contributed by atoms with Gasteiger partial charge in [0.2, 0.25) is 5.91 Å². The van der Waals surface area contributed by atoms with Gasteiger partial charge in [0.15, 0.2) is 5.78 Å². The van der Waals surface area contributed by atoms with E-state index in [-0.39, 0.29) is 25.6 Å². The SMILES string of the molecule is CC(C)C[C@H](NC(=O)[C@@H](NC(=O)OC(C)(C)C)C(C)OCc1ccccc1)C(=O)C(C)(C)C(=O)OCc1ccccc1. The van der Waals surface area contributed by atoms with E-state index >= 15 is 0 Å². The molecule has 0 aliphatic rings. The minimum absolute atomic E-state index is 0.0133. The molecule has 0 aliphatic carbocycles. The van der Waals surface area contributed by atoms with Crippen molar-refractivity contribution < 1.29 is 33.4 Å². The second-order valence-electron chi connectivity index (χ2n) is 12.4. The molecule has 0 saturated heterocycles. The van der Waals surface area contributed by atoms with Gasteiger partial charge in [-0.2, -0.15) is 0 Å². The van der Waals surface area contributed by atoms with E-state index in [2.05, 4.69) is 10.6 Å². The molecule has 2 aromatic rings. The van der Waals surface area contributed by atoms with E-state index < -0.39 is 53.0 Å². The average Bonchev–Trinajstić information content (AvgIpc) is 2.92. The van der Waals surface area contributed by atoms with Gasteiger partial charge >= 0.3 is 12.1 Å². The van der Waals surface area contributed by atoms with Crippen molar-refractivity contribution >= 4 is 23.8 Å². The van der Waals surface area contributed by atoms with Gasteiger partial charge in [-0.3, -0.25) is 14.4 Å². The summed E-state index contributed by atoms with van der Waals surface area (Å²) in [4.78, 5) is 53.2. The van der Waals surface area contributed by atoms with Crippen molar-refractivity contribution in [1.82, 2.24) is 10.6 Å². The second-order valence-corrected chi connectivity index (χ2v) is 12.4. The van der Waals surface area contributed by atoms with Crippen LogP contribution in [0.5, 0.6) is 0 Å². The van der Waals surface area contributed by atoms with Gasteiger partial charge in [-0.05, 0) is 65.0 Å². The summed E-state index contributed by atoms with van der Waals surface area (Å²) >= 11 is 0. The third-order valence-corrected chi connectivity index (χ3v) is 6.46. The molecule has 0 spiro atoms. The van der Waals surface area contributed by atoms with Crippen molar-refractivity contribution in [2.24, 2.45) is 11.3 Å². The summed E-state index contributed by atoms with van der Waals surface area (Å²) in [5.41, 5.74) is -0.643. The Kier molecular flexibility index (Phi) is 12.7. The van der Waals surface area contributed by atoms with Crippen LogP contribution in [0.2, 0.25) is 0 Å². The molecule has 0 aromatic heterocycles. The van der Waals surface area contributed by atoms with Gasteiger partial charge in [0.25, 0.3) is 0 Å². The van der Waals surface area contributed by atoms with Crippen LogP contribution < -0.4 is 10.6 Å². The lowest BCUT2D eigenvalue weighted by Crippen LogP contribution is -2.58. The third kappa shape index (κ3) is 11.3. The molecule has 0 heterocycles. The minimum Gasteiger partial charge on any atom is -0.460 e. The molecule has 230 valence electrons. The number of hydrogen-bond acceptors (Lipinski definition) is 7. The number of carbonyl (C=O) groups excluding carboxylic acids is 4. The highest BCUT2D eigenvalue weighted by Gasteiger charge is 2.43. The van der Waals surface area contributed by atoms with E-state index in [1.807, 2.05) is 74.5 Å². The van der Waals surface area contributed by atoms with E-state index in [1.165, 1.54) is 13.8 Å². The van der Waals surface area contributed by atoms with Gasteiger partial charge in [-0.15, -0.1) is 0 Å². The molecule has 42 heavy (non-hydrogen) atoms. The summed E-state index contributed by atoms with van der Waals surface area (Å²) in [6.07, 6.45) is -1.30. The number of hydrogen-bond donors (Lipinski definition) is 2. The van der Waals surface area contributed by atoms with Crippen LogP contribution in [-0.4, -0.2) is 47.5 Å². The fourth-order valence-electron chi connectivity index (χ4n) is 4.13. The van der Waals surface area contributed by atoms with Gasteiger partial charge in [0.05, 0.1) is 18.8 Å². The van der Waals surface area contributed by atoms with Crippen molar-refractivity contribution in [1.29, 1.82) is 0 Å². The monoisotopic (exact) mass is 582 g/mol. The van der Waals surface area contributed by atoms with Crippen LogP contribution >= 0.6 is 0 Å². The fraction of sp³-hybridized carbons (Fsp3) is 0.515. The lowest BCUT2D eigenvalue weighted by atomic mass is 9.81. The van der Waals surface area contributed by atoms with E-state index in [0.29, 0.717) is 0 Å². The summed E-state index contributed by atoms with van der Waals surface area (Å²) in [7, 11) is 0. The number of alkyl carbamates (subject to hydrolysis) is 1. The second kappa shape index (κ2) is 15.5. The average molecular weight is 583 g/mol. The molecule has 1 unspecified atom stereocenters. The molecule has 9 heteroatoms. The molecule has 0 radical (unpaired) electrons. The first-order valence-electron chi connectivity index (χ1n) is 14.3.